The van der Waals surface area contributed by atoms with Gasteiger partial charge in [0.05, 0.1) is 25.8 Å². The van der Waals surface area contributed by atoms with Crippen molar-refractivity contribution in [2.45, 2.75) is 54.6 Å². The van der Waals surface area contributed by atoms with E-state index in [1.54, 1.807) is 24.3 Å². The number of aryl methyl sites for hydroxylation is 2. The SMILES string of the molecule is Cc1ccc(S(O[Cl+3]([O-])([O-])[O-])(c2ccc(C)cc2)C2CCCCC2=O)cc1. The van der Waals surface area contributed by atoms with Crippen molar-refractivity contribution in [2.24, 2.45) is 0 Å². The Morgan fingerprint density at radius 1 is 0.889 bits per heavy atom. The normalized spacial score (nSPS) is 19.1. The number of halogens is 1. The van der Waals surface area contributed by atoms with Crippen molar-refractivity contribution in [1.29, 1.82) is 0 Å². The molecular formula is C20H23ClO5S. The van der Waals surface area contributed by atoms with Crippen LogP contribution in [-0.4, -0.2) is 11.0 Å². The van der Waals surface area contributed by atoms with Crippen LogP contribution in [0.4, 0.5) is 0 Å². The fraction of sp³-hybridized carbons (Fsp3) is 0.350. The van der Waals surface area contributed by atoms with Crippen LogP contribution in [0.25, 0.3) is 0 Å². The predicted molar refractivity (Wildman–Crippen MR) is 94.8 cm³/mol. The zero-order valence-electron chi connectivity index (χ0n) is 15.4. The number of carbonyl (C=O) groups excluding carboxylic acids is 1. The molecule has 0 aromatic heterocycles. The Bertz CT molecular complexity index is 753. The van der Waals surface area contributed by atoms with Crippen molar-refractivity contribution < 1.29 is 32.8 Å². The molecule has 2 aromatic rings. The number of rotatable bonds is 5. The minimum Gasteiger partial charge on any atom is -0.298 e. The van der Waals surface area contributed by atoms with Gasteiger partial charge in [-0.25, -0.2) is 0 Å². The molecule has 1 aliphatic carbocycles. The Hall–Kier alpha value is -1.41. The van der Waals surface area contributed by atoms with Crippen LogP contribution in [0.3, 0.4) is 0 Å². The van der Waals surface area contributed by atoms with E-state index in [-0.39, 0.29) is 5.78 Å². The van der Waals surface area contributed by atoms with E-state index in [1.165, 1.54) is 0 Å². The second-order valence-electron chi connectivity index (χ2n) is 6.87. The summed E-state index contributed by atoms with van der Waals surface area (Å²) < 4.78 is 40.7. The Balaban J connectivity index is 2.27. The molecule has 7 heteroatoms. The van der Waals surface area contributed by atoms with Gasteiger partial charge in [0.15, 0.2) is 0 Å². The van der Waals surface area contributed by atoms with E-state index < -0.39 is 25.8 Å². The first kappa shape index (κ1) is 20.3. The number of hydrogen-bond acceptors (Lipinski definition) is 5. The van der Waals surface area contributed by atoms with Crippen molar-refractivity contribution in [1.82, 2.24) is 0 Å². The standard InChI is InChI=1S/C20H23ClO5S/c1-15-7-11-17(12-8-15)27(26-21(23,24)25,18-13-9-16(2)10-14-18)20-6-4-3-5-19(20)22/h7-14,20H,3-6H2,1-2H3. The lowest BCUT2D eigenvalue weighted by molar-refractivity contribution is -1.91. The molecule has 0 heterocycles. The first-order valence-electron chi connectivity index (χ1n) is 8.83. The largest absolute Gasteiger partial charge is 0.298 e. The highest BCUT2D eigenvalue weighted by Crippen LogP contribution is 2.69. The molecule has 1 saturated carbocycles. The summed E-state index contributed by atoms with van der Waals surface area (Å²) >= 11 is 0. The van der Waals surface area contributed by atoms with Gasteiger partial charge >= 0.3 is 0 Å². The molecule has 0 bridgehead atoms. The van der Waals surface area contributed by atoms with Gasteiger partial charge in [0.1, 0.15) is 9.52 Å². The molecule has 0 spiro atoms. The van der Waals surface area contributed by atoms with Crippen LogP contribution in [-0.2, 0) is 8.53 Å². The molecule has 0 aliphatic heterocycles. The topological polar surface area (TPSA) is 95.5 Å². The van der Waals surface area contributed by atoms with Gasteiger partial charge in [0, 0.05) is 16.2 Å². The summed E-state index contributed by atoms with van der Waals surface area (Å²) in [6, 6.07) is 14.5. The van der Waals surface area contributed by atoms with Crippen LogP contribution in [0.1, 0.15) is 36.8 Å². The van der Waals surface area contributed by atoms with Gasteiger partial charge in [-0.2, -0.15) is 14.0 Å². The molecule has 0 radical (unpaired) electrons. The van der Waals surface area contributed by atoms with Gasteiger partial charge < -0.3 is 0 Å². The maximum absolute atomic E-state index is 12.8. The molecule has 5 nitrogen and oxygen atoms in total. The first-order valence-corrected chi connectivity index (χ1v) is 11.7. The minimum atomic E-state index is -4.72. The second kappa shape index (κ2) is 7.91. The number of benzene rings is 2. The zero-order valence-corrected chi connectivity index (χ0v) is 16.9. The van der Waals surface area contributed by atoms with E-state index in [1.807, 2.05) is 38.1 Å². The fourth-order valence-electron chi connectivity index (χ4n) is 3.49. The highest BCUT2D eigenvalue weighted by molar-refractivity contribution is 8.30. The average molecular weight is 411 g/mol. The third kappa shape index (κ3) is 4.37. The van der Waals surface area contributed by atoms with Gasteiger partial charge in [-0.15, -0.1) is 0 Å². The van der Waals surface area contributed by atoms with Gasteiger partial charge in [0.25, 0.3) is 0 Å². The Morgan fingerprint density at radius 2 is 1.37 bits per heavy atom. The molecule has 3 rings (SSSR count). The fourth-order valence-corrected chi connectivity index (χ4v) is 8.39. The van der Waals surface area contributed by atoms with E-state index >= 15 is 0 Å². The molecule has 0 N–H and O–H groups in total. The van der Waals surface area contributed by atoms with Crippen LogP contribution in [0, 0.1) is 24.1 Å². The van der Waals surface area contributed by atoms with E-state index in [0.717, 1.165) is 24.0 Å². The number of Topliss-reactive ketones (excluding diaryl/α,β-unsaturated/α-hetero) is 1. The lowest BCUT2D eigenvalue weighted by atomic mass is 9.99. The number of ketones is 1. The van der Waals surface area contributed by atoms with Gasteiger partial charge in [-0.05, 0) is 51.0 Å². The summed E-state index contributed by atoms with van der Waals surface area (Å²) in [5, 5.41) is -0.659. The third-order valence-corrected chi connectivity index (χ3v) is 9.48. The van der Waals surface area contributed by atoms with Gasteiger partial charge in [-0.1, -0.05) is 41.8 Å². The molecule has 27 heavy (non-hydrogen) atoms. The molecule has 2 aromatic carbocycles. The van der Waals surface area contributed by atoms with Crippen molar-refractivity contribution in [3.8, 4) is 0 Å². The summed E-state index contributed by atoms with van der Waals surface area (Å²) in [4.78, 5) is 14.0. The van der Waals surface area contributed by atoms with E-state index in [4.69, 9.17) is 3.74 Å². The molecule has 1 unspecified atom stereocenters. The maximum atomic E-state index is 12.8. The molecule has 0 amide bonds. The number of carbonyl (C=O) groups is 1. The number of hydrogen-bond donors (Lipinski definition) is 0. The van der Waals surface area contributed by atoms with Crippen LogP contribution in [0.5, 0.6) is 0 Å². The molecule has 1 fully saturated rings. The zero-order chi connectivity index (χ0) is 19.7. The van der Waals surface area contributed by atoms with E-state index in [0.29, 0.717) is 22.6 Å². The first-order chi connectivity index (χ1) is 12.7. The quantitative estimate of drug-likeness (QED) is 0.749. The van der Waals surface area contributed by atoms with Gasteiger partial charge in [0.2, 0.25) is 0 Å². The lowest BCUT2D eigenvalue weighted by Crippen LogP contribution is -2.61. The minimum absolute atomic E-state index is 0.0451. The smallest absolute Gasteiger partial charge is 0.147 e. The summed E-state index contributed by atoms with van der Waals surface area (Å²) in [5.41, 5.74) is 1.99. The summed E-state index contributed by atoms with van der Waals surface area (Å²) in [6.45, 7) is 3.84. The Labute approximate surface area is 163 Å². The molecule has 0 saturated heterocycles. The molecule has 1 aliphatic rings. The Kier molecular flexibility index (Phi) is 5.96. The van der Waals surface area contributed by atoms with Gasteiger partial charge in [-0.3, -0.25) is 4.79 Å². The highest BCUT2D eigenvalue weighted by Gasteiger charge is 2.53. The summed E-state index contributed by atoms with van der Waals surface area (Å²) in [7, 11) is -7.58. The molecular weight excluding hydrogens is 388 g/mol. The van der Waals surface area contributed by atoms with Crippen molar-refractivity contribution >= 4 is 16.1 Å². The Morgan fingerprint density at radius 3 is 1.78 bits per heavy atom. The van der Waals surface area contributed by atoms with E-state index in [2.05, 4.69) is 0 Å². The van der Waals surface area contributed by atoms with Crippen molar-refractivity contribution in [2.75, 3.05) is 0 Å². The monoisotopic (exact) mass is 410 g/mol. The van der Waals surface area contributed by atoms with Crippen molar-refractivity contribution in [3.63, 3.8) is 0 Å². The maximum Gasteiger partial charge on any atom is 0.147 e. The summed E-state index contributed by atoms with van der Waals surface area (Å²) in [6.07, 6.45) is 2.44. The van der Waals surface area contributed by atoms with E-state index in [9.17, 15) is 18.8 Å². The summed E-state index contributed by atoms with van der Waals surface area (Å²) in [5.74, 6) is -0.0451. The van der Waals surface area contributed by atoms with Crippen LogP contribution in [0.2, 0.25) is 0 Å². The predicted octanol–water partition coefficient (Wildman–Crippen LogP) is 1.87. The lowest BCUT2D eigenvalue weighted by Gasteiger charge is -2.41. The van der Waals surface area contributed by atoms with Crippen molar-refractivity contribution in [3.05, 3.63) is 59.7 Å². The average Bonchev–Trinajstić information content (AvgIpc) is 2.61. The highest BCUT2D eigenvalue weighted by atomic mass is 35.7. The second-order valence-corrected chi connectivity index (χ2v) is 10.8. The third-order valence-electron chi connectivity index (χ3n) is 4.82. The van der Waals surface area contributed by atoms with Crippen LogP contribution in [0.15, 0.2) is 58.3 Å². The van der Waals surface area contributed by atoms with Crippen LogP contribution < -0.4 is 14.0 Å². The molecule has 1 atom stereocenters. The van der Waals surface area contributed by atoms with Crippen LogP contribution >= 0.6 is 10.3 Å². The molecule has 146 valence electrons.